The number of benzene rings is 2. The lowest BCUT2D eigenvalue weighted by molar-refractivity contribution is -0.121. The second kappa shape index (κ2) is 9.49. The Bertz CT molecular complexity index is 1120. The number of para-hydroxylation sites is 1. The molecule has 0 N–H and O–H groups in total. The van der Waals surface area contributed by atoms with Crippen molar-refractivity contribution in [2.24, 2.45) is 0 Å². The highest BCUT2D eigenvalue weighted by Gasteiger charge is 2.29. The second-order valence-electron chi connectivity index (χ2n) is 7.18. The fourth-order valence-corrected chi connectivity index (χ4v) is 4.33. The Hall–Kier alpha value is -2.90. The zero-order chi connectivity index (χ0) is 21.8. The monoisotopic (exact) mass is 449 g/mol. The SMILES string of the molecule is CCCCOc1ccc(-c2nn(-c3ccccc3)cc2C=C2SC(=S)N(C)C2=O)cc1. The normalized spacial score (nSPS) is 15.2. The molecule has 0 saturated carbocycles. The molecule has 1 saturated heterocycles. The maximum absolute atomic E-state index is 12.5. The number of ether oxygens (including phenoxy) is 1. The summed E-state index contributed by atoms with van der Waals surface area (Å²) >= 11 is 6.58. The summed E-state index contributed by atoms with van der Waals surface area (Å²) in [6.07, 6.45) is 5.94. The van der Waals surface area contributed by atoms with Crippen LogP contribution in [-0.4, -0.2) is 38.6 Å². The van der Waals surface area contributed by atoms with Gasteiger partial charge in [-0.2, -0.15) is 5.10 Å². The van der Waals surface area contributed by atoms with E-state index in [1.807, 2.05) is 71.6 Å². The maximum Gasteiger partial charge on any atom is 0.265 e. The molecule has 1 amide bonds. The molecule has 0 atom stereocenters. The van der Waals surface area contributed by atoms with Crippen LogP contribution in [0.15, 0.2) is 65.7 Å². The van der Waals surface area contributed by atoms with Gasteiger partial charge in [0.25, 0.3) is 5.91 Å². The standard InChI is InChI=1S/C24H23N3O2S2/c1-3-4-14-29-20-12-10-17(11-13-20)22-18(15-21-23(28)26(2)24(30)31-21)16-27(25-22)19-8-6-5-7-9-19/h5-13,15-16H,3-4,14H2,1-2H3. The number of carbonyl (C=O) groups is 1. The smallest absolute Gasteiger partial charge is 0.265 e. The molecule has 7 heteroatoms. The first-order valence-electron chi connectivity index (χ1n) is 10.2. The van der Waals surface area contributed by atoms with Crippen LogP contribution in [0.5, 0.6) is 5.75 Å². The van der Waals surface area contributed by atoms with Crippen LogP contribution >= 0.6 is 24.0 Å². The fraction of sp³-hybridized carbons (Fsp3) is 0.208. The molecule has 5 nitrogen and oxygen atoms in total. The van der Waals surface area contributed by atoms with E-state index in [-0.39, 0.29) is 5.91 Å². The van der Waals surface area contributed by atoms with Crippen LogP contribution in [0.25, 0.3) is 23.0 Å². The van der Waals surface area contributed by atoms with Gasteiger partial charge in [0.1, 0.15) is 10.1 Å². The molecule has 1 aliphatic rings. The van der Waals surface area contributed by atoms with Crippen LogP contribution in [0.2, 0.25) is 0 Å². The van der Waals surface area contributed by atoms with Crippen molar-refractivity contribution in [3.8, 4) is 22.7 Å². The van der Waals surface area contributed by atoms with Gasteiger partial charge in [-0.25, -0.2) is 4.68 Å². The van der Waals surface area contributed by atoms with E-state index in [0.29, 0.717) is 15.8 Å². The van der Waals surface area contributed by atoms with Crippen LogP contribution in [0, 0.1) is 0 Å². The van der Waals surface area contributed by atoms with Gasteiger partial charge in [-0.05, 0) is 48.9 Å². The molecule has 0 spiro atoms. The van der Waals surface area contributed by atoms with E-state index in [0.717, 1.165) is 41.1 Å². The van der Waals surface area contributed by atoms with Crippen molar-refractivity contribution >= 4 is 40.3 Å². The second-order valence-corrected chi connectivity index (χ2v) is 8.86. The topological polar surface area (TPSA) is 47.4 Å². The molecule has 0 unspecified atom stereocenters. The number of amides is 1. The zero-order valence-corrected chi connectivity index (χ0v) is 19.1. The Kier molecular flexibility index (Phi) is 6.53. The Morgan fingerprint density at radius 1 is 1.13 bits per heavy atom. The van der Waals surface area contributed by atoms with Crippen molar-refractivity contribution < 1.29 is 9.53 Å². The van der Waals surface area contributed by atoms with Gasteiger partial charge in [0.05, 0.1) is 22.9 Å². The number of carbonyl (C=O) groups excluding carboxylic acids is 1. The van der Waals surface area contributed by atoms with E-state index in [1.54, 1.807) is 7.05 Å². The Balaban J connectivity index is 1.71. The Morgan fingerprint density at radius 2 is 1.87 bits per heavy atom. The minimum absolute atomic E-state index is 0.0897. The van der Waals surface area contributed by atoms with Crippen molar-refractivity contribution in [2.75, 3.05) is 13.7 Å². The number of thioether (sulfide) groups is 1. The summed E-state index contributed by atoms with van der Waals surface area (Å²) in [5.41, 5.74) is 3.56. The predicted octanol–water partition coefficient (Wildman–Crippen LogP) is 5.55. The van der Waals surface area contributed by atoms with E-state index in [4.69, 9.17) is 22.1 Å². The fourth-order valence-electron chi connectivity index (χ4n) is 3.16. The first-order valence-corrected chi connectivity index (χ1v) is 11.4. The van der Waals surface area contributed by atoms with Crippen LogP contribution in [0.4, 0.5) is 0 Å². The minimum Gasteiger partial charge on any atom is -0.494 e. The Labute approximate surface area is 191 Å². The largest absolute Gasteiger partial charge is 0.494 e. The maximum atomic E-state index is 12.5. The highest BCUT2D eigenvalue weighted by atomic mass is 32.2. The van der Waals surface area contributed by atoms with Crippen molar-refractivity contribution in [1.29, 1.82) is 0 Å². The van der Waals surface area contributed by atoms with E-state index in [2.05, 4.69) is 6.92 Å². The van der Waals surface area contributed by atoms with Crippen molar-refractivity contribution in [2.45, 2.75) is 19.8 Å². The predicted molar refractivity (Wildman–Crippen MR) is 130 cm³/mol. The van der Waals surface area contributed by atoms with Gasteiger partial charge in [0.2, 0.25) is 0 Å². The number of nitrogens with zero attached hydrogens (tertiary/aromatic N) is 3. The van der Waals surface area contributed by atoms with Gasteiger partial charge in [0.15, 0.2) is 0 Å². The average molecular weight is 450 g/mol. The number of hydrogen-bond donors (Lipinski definition) is 0. The number of rotatable bonds is 7. The summed E-state index contributed by atoms with van der Waals surface area (Å²) in [7, 11) is 1.70. The van der Waals surface area contributed by atoms with Gasteiger partial charge in [-0.15, -0.1) is 0 Å². The molecule has 0 radical (unpaired) electrons. The summed E-state index contributed by atoms with van der Waals surface area (Å²) in [6.45, 7) is 2.85. The van der Waals surface area contributed by atoms with Crippen molar-refractivity contribution in [1.82, 2.24) is 14.7 Å². The highest BCUT2D eigenvalue weighted by molar-refractivity contribution is 8.26. The van der Waals surface area contributed by atoms with Gasteiger partial charge in [-0.3, -0.25) is 9.69 Å². The molecule has 2 aromatic carbocycles. The summed E-state index contributed by atoms with van der Waals surface area (Å²) < 4.78 is 8.17. The molecule has 1 fully saturated rings. The third-order valence-corrected chi connectivity index (χ3v) is 6.42. The zero-order valence-electron chi connectivity index (χ0n) is 17.4. The third kappa shape index (κ3) is 4.73. The summed E-state index contributed by atoms with van der Waals surface area (Å²) in [6, 6.07) is 17.8. The van der Waals surface area contributed by atoms with Gasteiger partial charge < -0.3 is 4.74 Å². The number of unbranched alkanes of at least 4 members (excludes halogenated alkanes) is 1. The van der Waals surface area contributed by atoms with Crippen LogP contribution in [0.1, 0.15) is 25.3 Å². The number of aromatic nitrogens is 2. The molecule has 1 aromatic heterocycles. The minimum atomic E-state index is -0.0897. The first kappa shape index (κ1) is 21.3. The molecule has 0 aliphatic carbocycles. The van der Waals surface area contributed by atoms with Gasteiger partial charge in [-0.1, -0.05) is 55.5 Å². The number of hydrogen-bond acceptors (Lipinski definition) is 5. The lowest BCUT2D eigenvalue weighted by Crippen LogP contribution is -2.22. The molecule has 158 valence electrons. The molecule has 2 heterocycles. The summed E-state index contributed by atoms with van der Waals surface area (Å²) in [5, 5.41) is 4.83. The number of thiocarbonyl (C=S) groups is 1. The van der Waals surface area contributed by atoms with E-state index in [9.17, 15) is 4.79 Å². The molecule has 3 aromatic rings. The number of likely N-dealkylation sites (N-methyl/N-ethyl adjacent to an activating group) is 1. The third-order valence-electron chi connectivity index (χ3n) is 4.93. The summed E-state index contributed by atoms with van der Waals surface area (Å²) in [4.78, 5) is 14.6. The molecular formula is C24H23N3O2S2. The van der Waals surface area contributed by atoms with E-state index in [1.165, 1.54) is 16.7 Å². The van der Waals surface area contributed by atoms with Crippen LogP contribution in [0.3, 0.4) is 0 Å². The molecule has 4 rings (SSSR count). The quantitative estimate of drug-likeness (QED) is 0.269. The lowest BCUT2D eigenvalue weighted by Gasteiger charge is -2.06. The van der Waals surface area contributed by atoms with Crippen LogP contribution in [-0.2, 0) is 4.79 Å². The van der Waals surface area contributed by atoms with Crippen molar-refractivity contribution in [3.05, 3.63) is 71.3 Å². The van der Waals surface area contributed by atoms with Crippen LogP contribution < -0.4 is 4.74 Å². The first-order chi connectivity index (χ1) is 15.1. The highest BCUT2D eigenvalue weighted by Crippen LogP contribution is 2.34. The molecular weight excluding hydrogens is 426 g/mol. The van der Waals surface area contributed by atoms with Crippen molar-refractivity contribution in [3.63, 3.8) is 0 Å². The van der Waals surface area contributed by atoms with Gasteiger partial charge >= 0.3 is 0 Å². The summed E-state index contributed by atoms with van der Waals surface area (Å²) in [5.74, 6) is 0.751. The Morgan fingerprint density at radius 3 is 2.52 bits per heavy atom. The van der Waals surface area contributed by atoms with Gasteiger partial charge in [0, 0.05) is 24.4 Å². The lowest BCUT2D eigenvalue weighted by atomic mass is 10.1. The molecule has 0 bridgehead atoms. The molecule has 1 aliphatic heterocycles. The average Bonchev–Trinajstić information content (AvgIpc) is 3.32. The van der Waals surface area contributed by atoms with E-state index >= 15 is 0 Å². The van der Waals surface area contributed by atoms with E-state index < -0.39 is 0 Å². The molecule has 31 heavy (non-hydrogen) atoms.